The van der Waals surface area contributed by atoms with E-state index in [2.05, 4.69) is 38.5 Å². The highest BCUT2D eigenvalue weighted by Gasteiger charge is 2.19. The Labute approximate surface area is 215 Å². The van der Waals surface area contributed by atoms with Crippen LogP contribution in [-0.4, -0.2) is 73.0 Å². The van der Waals surface area contributed by atoms with E-state index >= 15 is 0 Å². The van der Waals surface area contributed by atoms with Crippen LogP contribution in [0.4, 0.5) is 32.8 Å². The quantitative estimate of drug-likeness (QED) is 0.313. The summed E-state index contributed by atoms with van der Waals surface area (Å²) < 4.78 is 12.6. The van der Waals surface area contributed by atoms with E-state index in [0.717, 1.165) is 50.1 Å². The number of likely N-dealkylation sites (tertiary alicyclic amines) is 1. The van der Waals surface area contributed by atoms with Gasteiger partial charge in [-0.1, -0.05) is 6.42 Å². The zero-order chi connectivity index (χ0) is 27.4. The van der Waals surface area contributed by atoms with E-state index < -0.39 is 15.7 Å². The number of nitro benzene ring substituents is 2. The van der Waals surface area contributed by atoms with Crippen LogP contribution in [0.1, 0.15) is 19.3 Å². The molecule has 2 fully saturated rings. The molecule has 0 unspecified atom stereocenters. The minimum absolute atomic E-state index is 0.0288. The van der Waals surface area contributed by atoms with Gasteiger partial charge in [0.2, 0.25) is 11.4 Å². The Morgan fingerprint density at radius 3 is 1.70 bits per heavy atom. The molecule has 0 N–H and O–H groups in total. The van der Waals surface area contributed by atoms with Gasteiger partial charge in [-0.2, -0.15) is 0 Å². The summed E-state index contributed by atoms with van der Waals surface area (Å²) in [6.07, 6.45) is 4.28. The number of likely N-dealkylation sites (N-methyl/N-ethyl adjacent to an activating group) is 1. The highest BCUT2D eigenvalue weighted by Crippen LogP contribution is 2.33. The first kappa shape index (κ1) is 29.1. The second kappa shape index (κ2) is 14.4. The fourth-order valence-corrected chi connectivity index (χ4v) is 3.78. The van der Waals surface area contributed by atoms with Crippen molar-refractivity contribution in [2.45, 2.75) is 19.3 Å². The summed E-state index contributed by atoms with van der Waals surface area (Å²) in [6.45, 7) is 19.8. The number of rotatable bonds is 3. The van der Waals surface area contributed by atoms with Gasteiger partial charge < -0.3 is 14.7 Å². The number of hydrogen-bond acceptors (Lipinski definition) is 7. The van der Waals surface area contributed by atoms with Crippen LogP contribution < -0.4 is 4.90 Å². The van der Waals surface area contributed by atoms with Gasteiger partial charge in [0.15, 0.2) is 0 Å². The van der Waals surface area contributed by atoms with E-state index in [-0.39, 0.29) is 17.1 Å². The van der Waals surface area contributed by atoms with Gasteiger partial charge in [0, 0.05) is 56.1 Å². The first-order chi connectivity index (χ1) is 17.7. The predicted molar refractivity (Wildman–Crippen MR) is 140 cm³/mol. The molecule has 0 spiro atoms. The number of nitrogens with zero attached hydrogens (tertiary/aromatic N) is 7. The van der Waals surface area contributed by atoms with Gasteiger partial charge in [0.25, 0.3) is 11.4 Å². The van der Waals surface area contributed by atoms with Gasteiger partial charge >= 0.3 is 0 Å². The average molecular weight is 512 g/mol. The van der Waals surface area contributed by atoms with Crippen molar-refractivity contribution in [3.8, 4) is 0 Å². The standard InChI is InChI=1S/C12H14N4O2.C7H3FN2O2.C6H13N/c1-13-11-9-10(16(17)18)3-4-12(11)15-7-5-14(2)6-8-15;1-9-7-4-5(10(11)12)2-3-6(7)8;1-7-5-3-2-4-6-7/h3-4,9H,5-8H2,2H3;2-4H;2-6H2,1H3. The van der Waals surface area contributed by atoms with Crippen LogP contribution in [0.5, 0.6) is 0 Å². The molecule has 0 radical (unpaired) electrons. The van der Waals surface area contributed by atoms with E-state index in [4.69, 9.17) is 13.1 Å². The zero-order valence-corrected chi connectivity index (χ0v) is 21.0. The molecule has 0 aromatic heterocycles. The minimum Gasteiger partial charge on any atom is -0.378 e. The lowest BCUT2D eigenvalue weighted by molar-refractivity contribution is -0.385. The van der Waals surface area contributed by atoms with Gasteiger partial charge in [-0.15, -0.1) is 0 Å². The summed E-state index contributed by atoms with van der Waals surface area (Å²) in [5.74, 6) is -0.740. The maximum absolute atomic E-state index is 12.6. The molecule has 2 aliphatic heterocycles. The van der Waals surface area contributed by atoms with Crippen LogP contribution in [-0.2, 0) is 0 Å². The molecule has 0 amide bonds. The highest BCUT2D eigenvalue weighted by atomic mass is 19.1. The largest absolute Gasteiger partial charge is 0.378 e. The lowest BCUT2D eigenvalue weighted by Crippen LogP contribution is -2.44. The van der Waals surface area contributed by atoms with Crippen LogP contribution in [0.15, 0.2) is 36.4 Å². The average Bonchev–Trinajstić information content (AvgIpc) is 2.90. The number of benzene rings is 2. The third-order valence-electron chi connectivity index (χ3n) is 5.97. The molecule has 2 aliphatic rings. The third-order valence-corrected chi connectivity index (χ3v) is 5.97. The molecule has 0 atom stereocenters. The Bertz CT molecular complexity index is 1160. The smallest absolute Gasteiger partial charge is 0.259 e. The number of halogens is 1. The SMILES string of the molecule is CN1CCCCC1.[C-]#[N+]c1cc([N+](=O)[O-])ccc1F.[C-]#[N+]c1cc([N+](=O)[O-])ccc1N1CCN(C)CC1. The number of anilines is 1. The molecular weight excluding hydrogens is 481 g/mol. The van der Waals surface area contributed by atoms with Crippen molar-refractivity contribution in [1.82, 2.24) is 9.80 Å². The van der Waals surface area contributed by atoms with E-state index in [1.807, 2.05) is 0 Å². The Kier molecular flexibility index (Phi) is 11.4. The molecule has 2 heterocycles. The van der Waals surface area contributed by atoms with E-state index in [0.29, 0.717) is 5.69 Å². The number of nitro groups is 2. The maximum atomic E-state index is 12.6. The second-order valence-corrected chi connectivity index (χ2v) is 8.70. The van der Waals surface area contributed by atoms with Gasteiger partial charge in [-0.25, -0.2) is 14.1 Å². The first-order valence-electron chi connectivity index (χ1n) is 11.8. The minimum atomic E-state index is -0.740. The predicted octanol–water partition coefficient (Wildman–Crippen LogP) is 5.28. The van der Waals surface area contributed by atoms with Gasteiger partial charge in [-0.05, 0) is 52.2 Å². The fraction of sp³-hybridized carbons (Fsp3) is 0.440. The fourth-order valence-electron chi connectivity index (χ4n) is 3.78. The van der Waals surface area contributed by atoms with Crippen LogP contribution in [0.25, 0.3) is 9.69 Å². The summed E-state index contributed by atoms with van der Waals surface area (Å²) in [7, 11) is 4.25. The molecule has 196 valence electrons. The molecular formula is C25H30FN7O4. The molecule has 11 nitrogen and oxygen atoms in total. The van der Waals surface area contributed by atoms with Crippen molar-refractivity contribution in [1.29, 1.82) is 0 Å². The third kappa shape index (κ3) is 9.11. The number of piperidine rings is 1. The van der Waals surface area contributed by atoms with Gasteiger partial charge in [-0.3, -0.25) is 20.2 Å². The highest BCUT2D eigenvalue weighted by molar-refractivity contribution is 5.74. The Hall–Kier alpha value is -4.13. The molecule has 12 heteroatoms. The number of hydrogen-bond donors (Lipinski definition) is 0. The summed E-state index contributed by atoms with van der Waals surface area (Å²) in [5.41, 5.74) is 0.517. The van der Waals surface area contributed by atoms with Crippen LogP contribution in [0.3, 0.4) is 0 Å². The molecule has 2 aromatic rings. The summed E-state index contributed by atoms with van der Waals surface area (Å²) in [4.78, 5) is 32.6. The first-order valence-corrected chi connectivity index (χ1v) is 11.8. The molecule has 0 saturated carbocycles. The Morgan fingerprint density at radius 1 is 0.757 bits per heavy atom. The van der Waals surface area contributed by atoms with E-state index in [1.54, 1.807) is 6.07 Å². The van der Waals surface area contributed by atoms with Crippen molar-refractivity contribution < 1.29 is 14.2 Å². The molecule has 37 heavy (non-hydrogen) atoms. The molecule has 2 aromatic carbocycles. The number of piperazine rings is 1. The van der Waals surface area contributed by atoms with Crippen molar-refractivity contribution in [2.24, 2.45) is 0 Å². The summed E-state index contributed by atoms with van der Waals surface area (Å²) in [6, 6.07) is 7.32. The molecule has 0 bridgehead atoms. The molecule has 2 saturated heterocycles. The second-order valence-electron chi connectivity index (χ2n) is 8.70. The van der Waals surface area contributed by atoms with Crippen LogP contribution in [0.2, 0.25) is 0 Å². The van der Waals surface area contributed by atoms with Crippen molar-refractivity contribution in [2.75, 3.05) is 58.3 Å². The van der Waals surface area contributed by atoms with E-state index in [1.165, 1.54) is 44.5 Å². The van der Waals surface area contributed by atoms with Crippen molar-refractivity contribution in [3.05, 3.63) is 85.3 Å². The van der Waals surface area contributed by atoms with Gasteiger partial charge in [0.1, 0.15) is 5.82 Å². The summed E-state index contributed by atoms with van der Waals surface area (Å²) in [5, 5.41) is 20.8. The normalized spacial score (nSPS) is 15.6. The Morgan fingerprint density at radius 2 is 1.24 bits per heavy atom. The summed E-state index contributed by atoms with van der Waals surface area (Å²) >= 11 is 0. The van der Waals surface area contributed by atoms with E-state index in [9.17, 15) is 24.6 Å². The van der Waals surface area contributed by atoms with Gasteiger partial charge in [0.05, 0.1) is 23.0 Å². The topological polar surface area (TPSA) is 105 Å². The lowest BCUT2D eigenvalue weighted by atomic mass is 10.1. The number of non-ortho nitro benzene ring substituents is 2. The lowest BCUT2D eigenvalue weighted by Gasteiger charge is -2.34. The maximum Gasteiger partial charge on any atom is 0.259 e. The van der Waals surface area contributed by atoms with Crippen molar-refractivity contribution >= 4 is 28.4 Å². The molecule has 0 aliphatic carbocycles. The van der Waals surface area contributed by atoms with Crippen LogP contribution >= 0.6 is 0 Å². The monoisotopic (exact) mass is 511 g/mol. The van der Waals surface area contributed by atoms with Crippen LogP contribution in [0, 0.1) is 39.2 Å². The van der Waals surface area contributed by atoms with Crippen molar-refractivity contribution in [3.63, 3.8) is 0 Å². The zero-order valence-electron chi connectivity index (χ0n) is 21.0. The molecule has 4 rings (SSSR count). The Balaban J connectivity index is 0.000000217.